The second kappa shape index (κ2) is 4.79. The van der Waals surface area contributed by atoms with Crippen molar-refractivity contribution in [2.45, 2.75) is 4.90 Å². The Morgan fingerprint density at radius 1 is 1.13 bits per heavy atom. The first kappa shape index (κ1) is 10.7. The molecule has 0 heterocycles. The highest BCUT2D eigenvalue weighted by Crippen LogP contribution is 2.40. The van der Waals surface area contributed by atoms with E-state index in [9.17, 15) is 5.11 Å². The molecule has 0 radical (unpaired) electrons. The van der Waals surface area contributed by atoms with Gasteiger partial charge in [0.1, 0.15) is 5.75 Å². The third-order valence-corrected chi connectivity index (χ3v) is 3.92. The van der Waals surface area contributed by atoms with Gasteiger partial charge >= 0.3 is 0 Å². The minimum absolute atomic E-state index is 0.322. The van der Waals surface area contributed by atoms with E-state index in [0.29, 0.717) is 5.75 Å². The number of aromatic hydroxyl groups is 1. The normalized spacial score (nSPS) is 10.7. The van der Waals surface area contributed by atoms with Crippen molar-refractivity contribution in [2.75, 3.05) is 7.11 Å². The Labute approximate surface area is 96.2 Å². The first-order valence-corrected chi connectivity index (χ1v) is 6.48. The van der Waals surface area contributed by atoms with Gasteiger partial charge in [-0.1, -0.05) is 30.3 Å². The second-order valence-corrected chi connectivity index (χ2v) is 4.94. The summed E-state index contributed by atoms with van der Waals surface area (Å²) in [5.74, 6) is 0.322. The topological polar surface area (TPSA) is 29.5 Å². The van der Waals surface area contributed by atoms with Crippen molar-refractivity contribution < 1.29 is 9.29 Å². The van der Waals surface area contributed by atoms with Crippen molar-refractivity contribution in [2.24, 2.45) is 0 Å². The molecule has 0 saturated heterocycles. The molecule has 2 aromatic rings. The Morgan fingerprint density at radius 3 is 2.73 bits per heavy atom. The van der Waals surface area contributed by atoms with Crippen molar-refractivity contribution >= 4 is 32.6 Å². The average Bonchev–Trinajstić information content (AvgIpc) is 2.29. The van der Waals surface area contributed by atoms with Gasteiger partial charge in [0.2, 0.25) is 0 Å². The molecule has 0 aliphatic heterocycles. The van der Waals surface area contributed by atoms with Gasteiger partial charge in [0, 0.05) is 5.39 Å². The zero-order valence-electron chi connectivity index (χ0n) is 8.14. The molecule has 0 aliphatic carbocycles. The van der Waals surface area contributed by atoms with E-state index in [4.69, 9.17) is 4.18 Å². The molecule has 0 saturated carbocycles. The third-order valence-electron chi connectivity index (χ3n) is 2.06. The van der Waals surface area contributed by atoms with Crippen LogP contribution in [0.4, 0.5) is 0 Å². The minimum atomic E-state index is 0.322. The zero-order chi connectivity index (χ0) is 10.7. The Kier molecular flexibility index (Phi) is 3.41. The molecule has 2 rings (SSSR count). The lowest BCUT2D eigenvalue weighted by Gasteiger charge is -2.05. The van der Waals surface area contributed by atoms with Crippen LogP contribution in [0.15, 0.2) is 41.3 Å². The molecule has 0 aromatic heterocycles. The lowest BCUT2D eigenvalue weighted by molar-refractivity contribution is 0.469. The summed E-state index contributed by atoms with van der Waals surface area (Å²) in [6.45, 7) is 0. The van der Waals surface area contributed by atoms with Crippen molar-refractivity contribution in [1.29, 1.82) is 0 Å². The summed E-state index contributed by atoms with van der Waals surface area (Å²) in [6.07, 6.45) is 0. The number of hydrogen-bond acceptors (Lipinski definition) is 4. The van der Waals surface area contributed by atoms with Crippen LogP contribution in [0.25, 0.3) is 10.8 Å². The second-order valence-electron chi connectivity index (χ2n) is 2.95. The molecule has 0 spiro atoms. The molecule has 2 nitrogen and oxygen atoms in total. The fourth-order valence-electron chi connectivity index (χ4n) is 1.37. The van der Waals surface area contributed by atoms with Crippen LogP contribution >= 0.6 is 21.9 Å². The summed E-state index contributed by atoms with van der Waals surface area (Å²) in [4.78, 5) is 0.820. The van der Waals surface area contributed by atoms with Gasteiger partial charge in [0.25, 0.3) is 0 Å². The third kappa shape index (κ3) is 2.22. The van der Waals surface area contributed by atoms with Gasteiger partial charge in [-0.25, -0.2) is 0 Å². The molecule has 0 bridgehead atoms. The summed E-state index contributed by atoms with van der Waals surface area (Å²) in [7, 11) is 3.01. The number of fused-ring (bicyclic) bond motifs is 1. The number of phenols is 1. The first-order chi connectivity index (χ1) is 7.33. The summed E-state index contributed by atoms with van der Waals surface area (Å²) in [6, 6.07) is 11.7. The molecule has 15 heavy (non-hydrogen) atoms. The van der Waals surface area contributed by atoms with Gasteiger partial charge in [-0.2, -0.15) is 0 Å². The van der Waals surface area contributed by atoms with Gasteiger partial charge in [0.05, 0.1) is 23.1 Å². The fourth-order valence-corrected chi connectivity index (χ4v) is 2.65. The zero-order valence-corrected chi connectivity index (χ0v) is 9.77. The Bertz CT molecular complexity index is 471. The van der Waals surface area contributed by atoms with Gasteiger partial charge in [0.15, 0.2) is 0 Å². The Hall–Kier alpha value is -0.840. The lowest BCUT2D eigenvalue weighted by Crippen LogP contribution is -1.76. The number of benzene rings is 2. The highest BCUT2D eigenvalue weighted by molar-refractivity contribution is 8.74. The average molecular weight is 238 g/mol. The molecule has 0 unspecified atom stereocenters. The van der Waals surface area contributed by atoms with Crippen LogP contribution in [-0.4, -0.2) is 12.2 Å². The number of phenolic OH excluding ortho intramolecular Hbond substituents is 1. The van der Waals surface area contributed by atoms with E-state index in [-0.39, 0.29) is 0 Å². The summed E-state index contributed by atoms with van der Waals surface area (Å²) in [5.41, 5.74) is 0. The standard InChI is InChI=1S/C11H10O2S2/c1-13-15-14-10-7-6-8-4-2-3-5-9(8)11(10)12/h2-7,12H,1H3. The highest BCUT2D eigenvalue weighted by Gasteiger charge is 2.06. The van der Waals surface area contributed by atoms with E-state index in [0.717, 1.165) is 15.7 Å². The summed E-state index contributed by atoms with van der Waals surface area (Å²) >= 11 is 1.24. The number of hydrogen-bond donors (Lipinski definition) is 1. The van der Waals surface area contributed by atoms with E-state index in [2.05, 4.69) is 0 Å². The van der Waals surface area contributed by atoms with Crippen LogP contribution in [0, 0.1) is 0 Å². The molecule has 1 N–H and O–H groups in total. The van der Waals surface area contributed by atoms with Crippen molar-refractivity contribution in [3.63, 3.8) is 0 Å². The molecule has 0 amide bonds. The van der Waals surface area contributed by atoms with E-state index in [1.54, 1.807) is 7.11 Å². The van der Waals surface area contributed by atoms with E-state index in [1.165, 1.54) is 21.9 Å². The van der Waals surface area contributed by atoms with Crippen molar-refractivity contribution in [3.8, 4) is 5.75 Å². The minimum Gasteiger partial charge on any atom is -0.506 e. The monoisotopic (exact) mass is 238 g/mol. The summed E-state index contributed by atoms with van der Waals surface area (Å²) in [5, 5.41) is 11.9. The fraction of sp³-hybridized carbons (Fsp3) is 0.0909. The smallest absolute Gasteiger partial charge is 0.137 e. The highest BCUT2D eigenvalue weighted by atomic mass is 33.1. The molecule has 2 aromatic carbocycles. The SMILES string of the molecule is COSSc1ccc2ccccc2c1O. The predicted molar refractivity (Wildman–Crippen MR) is 66.1 cm³/mol. The molecule has 78 valence electrons. The largest absolute Gasteiger partial charge is 0.506 e. The molecule has 0 atom stereocenters. The molecule has 4 heteroatoms. The Balaban J connectivity index is 2.45. The van der Waals surface area contributed by atoms with E-state index >= 15 is 0 Å². The van der Waals surface area contributed by atoms with Gasteiger partial charge in [-0.3, -0.25) is 0 Å². The van der Waals surface area contributed by atoms with Crippen LogP contribution in [-0.2, 0) is 4.18 Å². The van der Waals surface area contributed by atoms with E-state index < -0.39 is 0 Å². The van der Waals surface area contributed by atoms with Crippen LogP contribution in [0.3, 0.4) is 0 Å². The van der Waals surface area contributed by atoms with E-state index in [1.807, 2.05) is 36.4 Å². The Morgan fingerprint density at radius 2 is 1.93 bits per heavy atom. The quantitative estimate of drug-likeness (QED) is 0.649. The maximum Gasteiger partial charge on any atom is 0.137 e. The molecule has 0 aliphatic rings. The first-order valence-electron chi connectivity index (χ1n) is 4.41. The maximum atomic E-state index is 9.99. The van der Waals surface area contributed by atoms with Crippen LogP contribution in [0.5, 0.6) is 5.75 Å². The van der Waals surface area contributed by atoms with Gasteiger partial charge < -0.3 is 9.29 Å². The van der Waals surface area contributed by atoms with Gasteiger partial charge in [-0.15, -0.1) is 0 Å². The van der Waals surface area contributed by atoms with Crippen LogP contribution < -0.4 is 0 Å². The number of rotatable bonds is 3. The molecular formula is C11H10O2S2. The maximum absolute atomic E-state index is 9.99. The lowest BCUT2D eigenvalue weighted by atomic mass is 10.1. The van der Waals surface area contributed by atoms with Gasteiger partial charge in [-0.05, 0) is 22.2 Å². The van der Waals surface area contributed by atoms with Crippen LogP contribution in [0.1, 0.15) is 0 Å². The molecular weight excluding hydrogens is 228 g/mol. The molecule has 0 fully saturated rings. The van der Waals surface area contributed by atoms with Crippen LogP contribution in [0.2, 0.25) is 0 Å². The van der Waals surface area contributed by atoms with Crippen molar-refractivity contribution in [3.05, 3.63) is 36.4 Å². The predicted octanol–water partition coefficient (Wildman–Crippen LogP) is 3.85. The van der Waals surface area contributed by atoms with Crippen molar-refractivity contribution in [1.82, 2.24) is 0 Å². The summed E-state index contributed by atoms with van der Waals surface area (Å²) < 4.78 is 4.88.